The second-order valence-electron chi connectivity index (χ2n) is 7.14. The summed E-state index contributed by atoms with van der Waals surface area (Å²) in [6.07, 6.45) is 9.30. The lowest BCUT2D eigenvalue weighted by molar-refractivity contribution is 0.199. The Labute approximate surface area is 119 Å². The minimum Gasteiger partial charge on any atom is -0.122 e. The molecule has 0 radical (unpaired) electrons. The molecule has 0 rings (SSSR count). The van der Waals surface area contributed by atoms with Gasteiger partial charge in [0.2, 0.25) is 0 Å². The first kappa shape index (κ1) is 17.5. The monoisotopic (exact) mass is 268 g/mol. The van der Waals surface area contributed by atoms with Crippen LogP contribution in [0.25, 0.3) is 0 Å². The van der Waals surface area contributed by atoms with Crippen LogP contribution in [-0.4, -0.2) is 5.88 Å². The maximum absolute atomic E-state index is 5.76. The van der Waals surface area contributed by atoms with Crippen molar-refractivity contribution in [2.24, 2.45) is 16.7 Å². The molecule has 0 saturated heterocycles. The zero-order valence-corrected chi connectivity index (χ0v) is 13.6. The van der Waals surface area contributed by atoms with Crippen molar-refractivity contribution in [2.75, 3.05) is 5.88 Å². The summed E-state index contributed by atoms with van der Waals surface area (Å²) in [4.78, 5) is 0. The normalized spacial score (nSPS) is 16.1. The molecule has 0 aliphatic rings. The Morgan fingerprint density at radius 2 is 1.72 bits per heavy atom. The predicted molar refractivity (Wildman–Crippen MR) is 85.2 cm³/mol. The van der Waals surface area contributed by atoms with E-state index in [1.165, 1.54) is 5.57 Å². The Morgan fingerprint density at radius 1 is 1.17 bits per heavy atom. The Bertz CT molecular complexity index is 307. The van der Waals surface area contributed by atoms with Crippen LogP contribution in [0.3, 0.4) is 0 Å². The number of hydrogen-bond acceptors (Lipinski definition) is 0. The highest BCUT2D eigenvalue weighted by atomic mass is 35.5. The van der Waals surface area contributed by atoms with Crippen LogP contribution in [0, 0.1) is 16.7 Å². The Kier molecular flexibility index (Phi) is 6.99. The van der Waals surface area contributed by atoms with Crippen molar-refractivity contribution >= 4 is 11.6 Å². The average molecular weight is 269 g/mol. The highest BCUT2D eigenvalue weighted by Crippen LogP contribution is 2.40. The molecule has 0 spiro atoms. The van der Waals surface area contributed by atoms with Crippen LogP contribution in [0.1, 0.15) is 48.0 Å². The van der Waals surface area contributed by atoms with Gasteiger partial charge in [-0.25, -0.2) is 0 Å². The number of halogens is 1. The summed E-state index contributed by atoms with van der Waals surface area (Å²) in [5.41, 5.74) is 1.87. The van der Waals surface area contributed by atoms with E-state index >= 15 is 0 Å². The quantitative estimate of drug-likeness (QED) is 0.424. The van der Waals surface area contributed by atoms with Crippen molar-refractivity contribution < 1.29 is 0 Å². The molecular weight excluding hydrogens is 240 g/mol. The summed E-state index contributed by atoms with van der Waals surface area (Å²) >= 11 is 5.76. The molecule has 0 heterocycles. The molecule has 1 atom stereocenters. The fourth-order valence-electron chi connectivity index (χ4n) is 2.14. The largest absolute Gasteiger partial charge is 0.122 e. The minimum absolute atomic E-state index is 0.235. The topological polar surface area (TPSA) is 0 Å². The Hall–Kier alpha value is -0.490. The van der Waals surface area contributed by atoms with Crippen LogP contribution in [0.5, 0.6) is 0 Å². The first-order valence-corrected chi connectivity index (χ1v) is 7.20. The van der Waals surface area contributed by atoms with E-state index in [1.807, 2.05) is 12.2 Å². The molecule has 0 saturated carbocycles. The van der Waals surface area contributed by atoms with Gasteiger partial charge in [-0.1, -0.05) is 72.4 Å². The molecule has 18 heavy (non-hydrogen) atoms. The summed E-state index contributed by atoms with van der Waals surface area (Å²) in [6.45, 7) is 17.6. The fraction of sp³-hybridized carbons (Fsp3) is 0.647. The highest BCUT2D eigenvalue weighted by Gasteiger charge is 2.30. The summed E-state index contributed by atoms with van der Waals surface area (Å²) in [7, 11) is 0. The molecule has 104 valence electrons. The van der Waals surface area contributed by atoms with Gasteiger partial charge in [-0.2, -0.15) is 0 Å². The molecule has 1 unspecified atom stereocenters. The van der Waals surface area contributed by atoms with Crippen molar-refractivity contribution in [2.45, 2.75) is 48.0 Å². The summed E-state index contributed by atoms with van der Waals surface area (Å²) in [6, 6.07) is 0. The molecule has 0 bridgehead atoms. The zero-order valence-electron chi connectivity index (χ0n) is 12.9. The van der Waals surface area contributed by atoms with Gasteiger partial charge in [-0.05, 0) is 28.7 Å². The van der Waals surface area contributed by atoms with Crippen LogP contribution in [0.15, 0.2) is 36.5 Å². The molecule has 0 aliphatic heterocycles. The van der Waals surface area contributed by atoms with E-state index in [0.717, 1.165) is 6.42 Å². The molecule has 0 nitrogen and oxygen atoms in total. The van der Waals surface area contributed by atoms with Crippen molar-refractivity contribution in [3.63, 3.8) is 0 Å². The minimum atomic E-state index is 0.235. The van der Waals surface area contributed by atoms with Crippen LogP contribution < -0.4 is 0 Å². The van der Waals surface area contributed by atoms with Gasteiger partial charge in [0.15, 0.2) is 0 Å². The van der Waals surface area contributed by atoms with Crippen LogP contribution in [0.2, 0.25) is 0 Å². The van der Waals surface area contributed by atoms with Gasteiger partial charge >= 0.3 is 0 Å². The molecule has 1 heteroatoms. The van der Waals surface area contributed by atoms with E-state index in [2.05, 4.69) is 60.3 Å². The van der Waals surface area contributed by atoms with Gasteiger partial charge in [0.1, 0.15) is 0 Å². The lowest BCUT2D eigenvalue weighted by Crippen LogP contribution is -2.26. The van der Waals surface area contributed by atoms with Crippen molar-refractivity contribution in [1.82, 2.24) is 0 Å². The first-order chi connectivity index (χ1) is 8.11. The number of hydrogen-bond donors (Lipinski definition) is 0. The third kappa shape index (κ3) is 7.06. The van der Waals surface area contributed by atoms with Crippen molar-refractivity contribution in [3.8, 4) is 0 Å². The average Bonchev–Trinajstić information content (AvgIpc) is 2.18. The van der Waals surface area contributed by atoms with Crippen molar-refractivity contribution in [3.05, 3.63) is 36.5 Å². The van der Waals surface area contributed by atoms with Gasteiger partial charge in [0.05, 0.1) is 0 Å². The first-order valence-electron chi connectivity index (χ1n) is 6.67. The molecule has 0 aromatic heterocycles. The molecular formula is C17H29Cl. The standard InChI is InChI=1S/C17H29Cl/c1-8-10-14(11-9-12-18)15(17(5,6)7)13-16(2,3)4/h8-11,15H,1,12-13H2,2-7H3/b11-9-,14-10+. The van der Waals surface area contributed by atoms with Gasteiger partial charge in [-0.15, -0.1) is 11.6 Å². The molecule has 0 aliphatic carbocycles. The van der Waals surface area contributed by atoms with Gasteiger partial charge in [0, 0.05) is 5.88 Å². The maximum Gasteiger partial charge on any atom is 0.0407 e. The van der Waals surface area contributed by atoms with Crippen LogP contribution in [-0.2, 0) is 0 Å². The molecule has 0 amide bonds. The SMILES string of the molecule is C=C/C=C(\C=C/CCl)C(CC(C)(C)C)C(C)(C)C. The number of rotatable bonds is 5. The third-order valence-corrected chi connectivity index (χ3v) is 3.15. The number of allylic oxidation sites excluding steroid dienone is 5. The second-order valence-corrected chi connectivity index (χ2v) is 7.45. The third-order valence-electron chi connectivity index (χ3n) is 2.97. The molecule has 0 N–H and O–H groups in total. The lowest BCUT2D eigenvalue weighted by atomic mass is 9.68. The van der Waals surface area contributed by atoms with E-state index in [9.17, 15) is 0 Å². The van der Waals surface area contributed by atoms with E-state index in [0.29, 0.717) is 17.2 Å². The number of alkyl halides is 1. The summed E-state index contributed by atoms with van der Waals surface area (Å²) in [5.74, 6) is 1.07. The van der Waals surface area contributed by atoms with E-state index in [-0.39, 0.29) is 5.41 Å². The Morgan fingerprint density at radius 3 is 2.06 bits per heavy atom. The highest BCUT2D eigenvalue weighted by molar-refractivity contribution is 6.18. The summed E-state index contributed by atoms with van der Waals surface area (Å²) < 4.78 is 0. The second kappa shape index (κ2) is 7.19. The van der Waals surface area contributed by atoms with Crippen LogP contribution >= 0.6 is 11.6 Å². The molecule has 0 aromatic carbocycles. The van der Waals surface area contributed by atoms with Crippen LogP contribution in [0.4, 0.5) is 0 Å². The smallest absolute Gasteiger partial charge is 0.0407 e. The molecule has 0 fully saturated rings. The van der Waals surface area contributed by atoms with Gasteiger partial charge in [0.25, 0.3) is 0 Å². The lowest BCUT2D eigenvalue weighted by Gasteiger charge is -2.36. The zero-order chi connectivity index (χ0) is 14.4. The summed E-state index contributed by atoms with van der Waals surface area (Å²) in [5, 5.41) is 0. The fourth-order valence-corrected chi connectivity index (χ4v) is 2.23. The molecule has 0 aromatic rings. The van der Waals surface area contributed by atoms with Gasteiger partial charge < -0.3 is 0 Å². The van der Waals surface area contributed by atoms with Gasteiger partial charge in [-0.3, -0.25) is 0 Å². The Balaban J connectivity index is 5.32. The predicted octanol–water partition coefficient (Wildman–Crippen LogP) is 5.99. The van der Waals surface area contributed by atoms with Crippen molar-refractivity contribution in [1.29, 1.82) is 0 Å². The van der Waals surface area contributed by atoms with E-state index in [1.54, 1.807) is 0 Å². The maximum atomic E-state index is 5.76. The van der Waals surface area contributed by atoms with E-state index < -0.39 is 0 Å². The van der Waals surface area contributed by atoms with E-state index in [4.69, 9.17) is 11.6 Å².